The zero-order valence-electron chi connectivity index (χ0n) is 17.3. The van der Waals surface area contributed by atoms with Crippen molar-refractivity contribution in [3.63, 3.8) is 0 Å². The number of halogens is 7. The lowest BCUT2D eigenvalue weighted by Gasteiger charge is -2.18. The van der Waals surface area contributed by atoms with Gasteiger partial charge in [0.15, 0.2) is 5.69 Å². The van der Waals surface area contributed by atoms with E-state index in [9.17, 15) is 40.7 Å². The van der Waals surface area contributed by atoms with Crippen molar-refractivity contribution in [3.05, 3.63) is 58.7 Å². The van der Waals surface area contributed by atoms with E-state index in [0.717, 1.165) is 12.4 Å². The molecular formula is C19H16ClF6N5O3. The summed E-state index contributed by atoms with van der Waals surface area (Å²) in [5, 5.41) is 1.21. The first-order valence-electron chi connectivity index (χ1n) is 9.26. The van der Waals surface area contributed by atoms with Gasteiger partial charge in [0.2, 0.25) is 0 Å². The third kappa shape index (κ3) is 6.79. The minimum Gasteiger partial charge on any atom is -0.344 e. The van der Waals surface area contributed by atoms with Crippen molar-refractivity contribution < 1.29 is 40.7 Å². The van der Waals surface area contributed by atoms with Gasteiger partial charge in [0, 0.05) is 18.0 Å². The van der Waals surface area contributed by atoms with Crippen LogP contribution in [-0.2, 0) is 17.1 Å². The van der Waals surface area contributed by atoms with Gasteiger partial charge in [0.1, 0.15) is 5.38 Å². The Balaban J connectivity index is 2.30. The number of alkyl halides is 7. The lowest BCUT2D eigenvalue weighted by Crippen LogP contribution is -2.45. The Bertz CT molecular complexity index is 1060. The Labute approximate surface area is 193 Å². The van der Waals surface area contributed by atoms with E-state index in [1.54, 1.807) is 0 Å². The summed E-state index contributed by atoms with van der Waals surface area (Å²) < 4.78 is 78.3. The van der Waals surface area contributed by atoms with Crippen LogP contribution < -0.4 is 16.2 Å². The van der Waals surface area contributed by atoms with E-state index in [2.05, 4.69) is 15.3 Å². The summed E-state index contributed by atoms with van der Waals surface area (Å²) in [7, 11) is 0. The van der Waals surface area contributed by atoms with E-state index in [0.29, 0.717) is 0 Å². The molecule has 0 aliphatic heterocycles. The fourth-order valence-corrected chi connectivity index (χ4v) is 2.61. The van der Waals surface area contributed by atoms with Crippen molar-refractivity contribution >= 4 is 29.3 Å². The van der Waals surface area contributed by atoms with E-state index >= 15 is 0 Å². The number of benzene rings is 1. The van der Waals surface area contributed by atoms with Crippen molar-refractivity contribution in [1.29, 1.82) is 0 Å². The van der Waals surface area contributed by atoms with Gasteiger partial charge in [-0.15, -0.1) is 11.6 Å². The molecule has 2 aromatic rings. The Morgan fingerprint density at radius 2 is 1.38 bits per heavy atom. The van der Waals surface area contributed by atoms with Crippen molar-refractivity contribution in [1.82, 2.24) is 26.1 Å². The standard InChI is InChI=1S/C19H16ClF6N5O3/c1-8(20)15(32)30-31-17(34)14-13(27-3-4-28-14)9(2)29-16(33)10-5-11(18(21,22)23)7-12(6-10)19(24,25)26/h3-9H,1-2H3,(H,29,33)(H,30,32)(H,31,34). The molecule has 0 bridgehead atoms. The van der Waals surface area contributed by atoms with Crippen molar-refractivity contribution in [2.75, 3.05) is 0 Å². The minimum atomic E-state index is -5.14. The third-order valence-electron chi connectivity index (χ3n) is 4.21. The maximum atomic E-state index is 13.0. The van der Waals surface area contributed by atoms with Gasteiger partial charge in [-0.25, -0.2) is 4.98 Å². The highest BCUT2D eigenvalue weighted by atomic mass is 35.5. The fraction of sp³-hybridized carbons (Fsp3) is 0.316. The molecular weight excluding hydrogens is 496 g/mol. The number of hydrazine groups is 1. The van der Waals surface area contributed by atoms with Crippen LogP contribution in [0.15, 0.2) is 30.6 Å². The van der Waals surface area contributed by atoms with Crippen LogP contribution in [-0.4, -0.2) is 33.1 Å². The molecule has 0 spiro atoms. The lowest BCUT2D eigenvalue weighted by atomic mass is 10.0. The number of amides is 3. The highest BCUT2D eigenvalue weighted by Gasteiger charge is 2.37. The van der Waals surface area contributed by atoms with Gasteiger partial charge in [0.25, 0.3) is 17.7 Å². The van der Waals surface area contributed by atoms with Gasteiger partial charge in [-0.3, -0.25) is 30.2 Å². The monoisotopic (exact) mass is 511 g/mol. The summed E-state index contributed by atoms with van der Waals surface area (Å²) in [5.74, 6) is -2.99. The molecule has 0 saturated heterocycles. The van der Waals surface area contributed by atoms with E-state index in [4.69, 9.17) is 11.6 Å². The highest BCUT2D eigenvalue weighted by Crippen LogP contribution is 2.36. The average molecular weight is 512 g/mol. The molecule has 1 aromatic heterocycles. The van der Waals surface area contributed by atoms with Gasteiger partial charge in [-0.2, -0.15) is 26.3 Å². The van der Waals surface area contributed by atoms with E-state index < -0.39 is 58.2 Å². The molecule has 3 amide bonds. The molecule has 0 saturated carbocycles. The molecule has 3 N–H and O–H groups in total. The largest absolute Gasteiger partial charge is 0.416 e. The topological polar surface area (TPSA) is 113 Å². The Kier molecular flexibility index (Phi) is 8.08. The second kappa shape index (κ2) is 10.2. The first-order chi connectivity index (χ1) is 15.6. The molecule has 0 aliphatic carbocycles. The van der Waals surface area contributed by atoms with Crippen LogP contribution in [0.2, 0.25) is 0 Å². The third-order valence-corrected chi connectivity index (χ3v) is 4.41. The molecule has 0 fully saturated rings. The molecule has 2 unspecified atom stereocenters. The molecule has 184 valence electrons. The van der Waals surface area contributed by atoms with Gasteiger partial charge in [-0.1, -0.05) is 0 Å². The molecule has 1 heterocycles. The van der Waals surface area contributed by atoms with Crippen LogP contribution in [0.4, 0.5) is 26.3 Å². The number of nitrogens with zero attached hydrogens (tertiary/aromatic N) is 2. The number of carbonyl (C=O) groups excluding carboxylic acids is 3. The van der Waals surface area contributed by atoms with Crippen molar-refractivity contribution in [3.8, 4) is 0 Å². The molecule has 15 heteroatoms. The summed E-state index contributed by atoms with van der Waals surface area (Å²) in [6.45, 7) is 2.61. The van der Waals surface area contributed by atoms with E-state index in [1.807, 2.05) is 10.9 Å². The van der Waals surface area contributed by atoms with Crippen LogP contribution in [0.5, 0.6) is 0 Å². The number of hydrogen-bond acceptors (Lipinski definition) is 5. The fourth-order valence-electron chi connectivity index (χ4n) is 2.55. The normalized spacial score (nSPS) is 13.6. The molecule has 2 rings (SSSR count). The number of nitrogens with one attached hydrogen (secondary N) is 3. The van der Waals surface area contributed by atoms with Crippen LogP contribution >= 0.6 is 11.6 Å². The van der Waals surface area contributed by atoms with Gasteiger partial charge >= 0.3 is 12.4 Å². The van der Waals surface area contributed by atoms with Crippen LogP contribution in [0.25, 0.3) is 0 Å². The molecule has 1 aromatic carbocycles. The smallest absolute Gasteiger partial charge is 0.344 e. The second-order valence-corrected chi connectivity index (χ2v) is 7.49. The van der Waals surface area contributed by atoms with E-state index in [-0.39, 0.29) is 29.6 Å². The predicted octanol–water partition coefficient (Wildman–Crippen LogP) is 3.39. The second-order valence-electron chi connectivity index (χ2n) is 6.84. The first-order valence-corrected chi connectivity index (χ1v) is 9.70. The number of carbonyl (C=O) groups is 3. The van der Waals surface area contributed by atoms with Crippen LogP contribution in [0.1, 0.15) is 57.6 Å². The number of aromatic nitrogens is 2. The maximum Gasteiger partial charge on any atom is 0.416 e. The van der Waals surface area contributed by atoms with Crippen LogP contribution in [0, 0.1) is 0 Å². The Hall–Kier alpha value is -3.42. The molecule has 2 atom stereocenters. The number of hydrogen-bond donors (Lipinski definition) is 3. The molecule has 0 radical (unpaired) electrons. The summed E-state index contributed by atoms with van der Waals surface area (Å²) in [5.41, 5.74) is -0.754. The summed E-state index contributed by atoms with van der Waals surface area (Å²) in [6.07, 6.45) is -8.02. The highest BCUT2D eigenvalue weighted by molar-refractivity contribution is 6.30. The lowest BCUT2D eigenvalue weighted by molar-refractivity contribution is -0.143. The van der Waals surface area contributed by atoms with Gasteiger partial charge in [0.05, 0.1) is 22.9 Å². The Morgan fingerprint density at radius 1 is 0.853 bits per heavy atom. The maximum absolute atomic E-state index is 13.0. The van der Waals surface area contributed by atoms with E-state index in [1.165, 1.54) is 13.8 Å². The van der Waals surface area contributed by atoms with Crippen molar-refractivity contribution in [2.45, 2.75) is 37.6 Å². The average Bonchev–Trinajstić information content (AvgIpc) is 2.75. The first kappa shape index (κ1) is 26.8. The summed E-state index contributed by atoms with van der Waals surface area (Å²) in [4.78, 5) is 44.0. The summed E-state index contributed by atoms with van der Waals surface area (Å²) in [6, 6.07) is -0.760. The SMILES string of the molecule is CC(Cl)C(=O)NNC(=O)c1nccnc1C(C)NC(=O)c1cc(C(F)(F)F)cc(C(F)(F)F)c1. The van der Waals surface area contributed by atoms with Crippen LogP contribution in [0.3, 0.4) is 0 Å². The molecule has 8 nitrogen and oxygen atoms in total. The molecule has 34 heavy (non-hydrogen) atoms. The number of rotatable bonds is 5. The minimum absolute atomic E-state index is 0.110. The van der Waals surface area contributed by atoms with Gasteiger partial charge in [-0.05, 0) is 32.0 Å². The Morgan fingerprint density at radius 3 is 1.88 bits per heavy atom. The quantitative estimate of drug-likeness (QED) is 0.323. The molecule has 0 aliphatic rings. The summed E-state index contributed by atoms with van der Waals surface area (Å²) >= 11 is 5.55. The van der Waals surface area contributed by atoms with Crippen molar-refractivity contribution in [2.24, 2.45) is 0 Å². The van der Waals surface area contributed by atoms with Gasteiger partial charge < -0.3 is 5.32 Å². The zero-order chi connectivity index (χ0) is 25.8. The predicted molar refractivity (Wildman–Crippen MR) is 105 cm³/mol. The zero-order valence-corrected chi connectivity index (χ0v) is 18.1.